The predicted octanol–water partition coefficient (Wildman–Crippen LogP) is 3.95. The highest BCUT2D eigenvalue weighted by Crippen LogP contribution is 2.34. The zero-order valence-corrected chi connectivity index (χ0v) is 12.1. The van der Waals surface area contributed by atoms with Crippen molar-refractivity contribution < 1.29 is 0 Å². The summed E-state index contributed by atoms with van der Waals surface area (Å²) in [6, 6.07) is 9.60. The van der Waals surface area contributed by atoms with Gasteiger partial charge < -0.3 is 5.32 Å². The molecule has 2 rings (SSSR count). The van der Waals surface area contributed by atoms with Crippen LogP contribution >= 0.6 is 0 Å². The van der Waals surface area contributed by atoms with Gasteiger partial charge in [-0.15, -0.1) is 0 Å². The van der Waals surface area contributed by atoms with Crippen LogP contribution in [0.15, 0.2) is 24.3 Å². The number of nitrogens with one attached hydrogen (secondary N) is 1. The van der Waals surface area contributed by atoms with Crippen LogP contribution < -0.4 is 5.32 Å². The van der Waals surface area contributed by atoms with Gasteiger partial charge in [0.15, 0.2) is 0 Å². The fourth-order valence-electron chi connectivity index (χ4n) is 3.28. The van der Waals surface area contributed by atoms with Crippen LogP contribution in [0.3, 0.4) is 0 Å². The van der Waals surface area contributed by atoms with E-state index in [1.807, 2.05) is 0 Å². The third-order valence-electron chi connectivity index (χ3n) is 4.63. The highest BCUT2D eigenvalue weighted by Gasteiger charge is 2.32. The van der Waals surface area contributed by atoms with Crippen LogP contribution in [-0.4, -0.2) is 12.6 Å². The maximum Gasteiger partial charge on any atom is 0.00955 e. The average molecular weight is 245 g/mol. The Morgan fingerprint density at radius 3 is 2.72 bits per heavy atom. The van der Waals surface area contributed by atoms with Gasteiger partial charge in [0.05, 0.1) is 0 Å². The summed E-state index contributed by atoms with van der Waals surface area (Å²) in [5, 5.41) is 3.71. The summed E-state index contributed by atoms with van der Waals surface area (Å²) in [5.41, 5.74) is 3.00. The summed E-state index contributed by atoms with van der Waals surface area (Å²) in [5.74, 6) is 1.68. The summed E-state index contributed by atoms with van der Waals surface area (Å²) in [6.07, 6.45) is 5.25. The molecule has 1 aliphatic rings. The average Bonchev–Trinajstić information content (AvgIpc) is 2.71. The molecule has 1 aromatic carbocycles. The van der Waals surface area contributed by atoms with Gasteiger partial charge in [0.2, 0.25) is 0 Å². The minimum absolute atomic E-state index is 0.749. The molecule has 100 valence electrons. The van der Waals surface area contributed by atoms with Crippen LogP contribution in [0.1, 0.15) is 44.2 Å². The third-order valence-corrected chi connectivity index (χ3v) is 4.63. The zero-order valence-electron chi connectivity index (χ0n) is 12.1. The van der Waals surface area contributed by atoms with Gasteiger partial charge in [-0.25, -0.2) is 0 Å². The van der Waals surface area contributed by atoms with Crippen molar-refractivity contribution in [2.24, 2.45) is 11.8 Å². The van der Waals surface area contributed by atoms with Crippen molar-refractivity contribution in [1.29, 1.82) is 0 Å². The Bertz CT molecular complexity index is 372. The Morgan fingerprint density at radius 1 is 1.22 bits per heavy atom. The van der Waals surface area contributed by atoms with Gasteiger partial charge in [-0.3, -0.25) is 0 Å². The van der Waals surface area contributed by atoms with Gasteiger partial charge in [-0.05, 0) is 62.1 Å². The van der Waals surface area contributed by atoms with E-state index in [-0.39, 0.29) is 0 Å². The van der Waals surface area contributed by atoms with Crippen molar-refractivity contribution in [3.05, 3.63) is 35.4 Å². The number of rotatable bonds is 5. The summed E-state index contributed by atoms with van der Waals surface area (Å²) in [4.78, 5) is 0. The first kappa shape index (κ1) is 13.6. The largest absolute Gasteiger partial charge is 0.314 e. The van der Waals surface area contributed by atoms with Crippen LogP contribution in [0.4, 0.5) is 0 Å². The number of hydrogen-bond donors (Lipinski definition) is 1. The van der Waals surface area contributed by atoms with E-state index >= 15 is 0 Å². The van der Waals surface area contributed by atoms with E-state index in [1.165, 1.54) is 37.8 Å². The Balaban J connectivity index is 1.93. The van der Waals surface area contributed by atoms with Gasteiger partial charge in [-0.1, -0.05) is 38.1 Å². The van der Waals surface area contributed by atoms with Crippen molar-refractivity contribution in [1.82, 2.24) is 5.32 Å². The fraction of sp³-hybridized carbons (Fsp3) is 0.647. The molecule has 18 heavy (non-hydrogen) atoms. The number of hydrogen-bond acceptors (Lipinski definition) is 1. The SMILES string of the molecule is CCCNC1CCC(Cc2ccccc2C)C1C. The van der Waals surface area contributed by atoms with Gasteiger partial charge in [-0.2, -0.15) is 0 Å². The lowest BCUT2D eigenvalue weighted by Gasteiger charge is -2.22. The first-order valence-corrected chi connectivity index (χ1v) is 7.50. The standard InChI is InChI=1S/C17H27N/c1-4-11-18-17-10-9-16(14(17)3)12-15-8-6-5-7-13(15)2/h5-8,14,16-18H,4,9-12H2,1-3H3. The Labute approximate surface area is 112 Å². The van der Waals surface area contributed by atoms with Crippen LogP contribution in [0, 0.1) is 18.8 Å². The normalized spacial score (nSPS) is 27.6. The van der Waals surface area contributed by atoms with Crippen LogP contribution in [-0.2, 0) is 6.42 Å². The van der Waals surface area contributed by atoms with E-state index in [1.54, 1.807) is 5.56 Å². The lowest BCUT2D eigenvalue weighted by atomic mass is 9.88. The molecule has 0 bridgehead atoms. The Hall–Kier alpha value is -0.820. The monoisotopic (exact) mass is 245 g/mol. The molecule has 1 saturated carbocycles. The van der Waals surface area contributed by atoms with Crippen molar-refractivity contribution in [3.8, 4) is 0 Å². The molecule has 1 aromatic rings. The van der Waals surface area contributed by atoms with Gasteiger partial charge in [0.1, 0.15) is 0 Å². The molecule has 3 unspecified atom stereocenters. The molecule has 0 aliphatic heterocycles. The summed E-state index contributed by atoms with van der Waals surface area (Å²) in [7, 11) is 0. The third kappa shape index (κ3) is 3.14. The molecule has 1 fully saturated rings. The molecule has 0 aromatic heterocycles. The minimum Gasteiger partial charge on any atom is -0.314 e. The highest BCUT2D eigenvalue weighted by molar-refractivity contribution is 5.26. The topological polar surface area (TPSA) is 12.0 Å². The molecule has 0 amide bonds. The van der Waals surface area contributed by atoms with Crippen molar-refractivity contribution in [2.45, 2.75) is 52.5 Å². The van der Waals surface area contributed by atoms with Crippen molar-refractivity contribution in [3.63, 3.8) is 0 Å². The lowest BCUT2D eigenvalue weighted by Crippen LogP contribution is -2.33. The highest BCUT2D eigenvalue weighted by atomic mass is 14.9. The Kier molecular flexibility index (Phi) is 4.82. The molecule has 0 saturated heterocycles. The van der Waals surface area contributed by atoms with E-state index in [0.29, 0.717) is 0 Å². The maximum absolute atomic E-state index is 3.71. The second-order valence-corrected chi connectivity index (χ2v) is 5.89. The molecule has 0 radical (unpaired) electrons. The quantitative estimate of drug-likeness (QED) is 0.828. The molecule has 1 N–H and O–H groups in total. The zero-order chi connectivity index (χ0) is 13.0. The number of benzene rings is 1. The summed E-state index contributed by atoms with van der Waals surface area (Å²) < 4.78 is 0. The second kappa shape index (κ2) is 6.38. The van der Waals surface area contributed by atoms with Crippen LogP contribution in [0.25, 0.3) is 0 Å². The molecular formula is C17H27N. The number of aryl methyl sites for hydroxylation is 1. The van der Waals surface area contributed by atoms with Crippen LogP contribution in [0.5, 0.6) is 0 Å². The summed E-state index contributed by atoms with van der Waals surface area (Å²) in [6.45, 7) is 8.09. The van der Waals surface area contributed by atoms with E-state index in [2.05, 4.69) is 50.4 Å². The maximum atomic E-state index is 3.71. The molecule has 0 spiro atoms. The second-order valence-electron chi connectivity index (χ2n) is 5.89. The Morgan fingerprint density at radius 2 is 2.00 bits per heavy atom. The van der Waals surface area contributed by atoms with Gasteiger partial charge in [0.25, 0.3) is 0 Å². The van der Waals surface area contributed by atoms with E-state index in [9.17, 15) is 0 Å². The van der Waals surface area contributed by atoms with Gasteiger partial charge >= 0.3 is 0 Å². The van der Waals surface area contributed by atoms with Gasteiger partial charge in [0, 0.05) is 6.04 Å². The minimum atomic E-state index is 0.749. The molecular weight excluding hydrogens is 218 g/mol. The van der Waals surface area contributed by atoms with Crippen molar-refractivity contribution >= 4 is 0 Å². The van der Waals surface area contributed by atoms with E-state index < -0.39 is 0 Å². The fourth-order valence-corrected chi connectivity index (χ4v) is 3.28. The molecule has 1 nitrogen and oxygen atoms in total. The van der Waals surface area contributed by atoms with E-state index in [4.69, 9.17) is 0 Å². The van der Waals surface area contributed by atoms with Crippen LogP contribution in [0.2, 0.25) is 0 Å². The van der Waals surface area contributed by atoms with E-state index in [0.717, 1.165) is 17.9 Å². The van der Waals surface area contributed by atoms with Crippen molar-refractivity contribution in [2.75, 3.05) is 6.54 Å². The lowest BCUT2D eigenvalue weighted by molar-refractivity contribution is 0.351. The summed E-state index contributed by atoms with van der Waals surface area (Å²) >= 11 is 0. The smallest absolute Gasteiger partial charge is 0.00955 e. The molecule has 3 atom stereocenters. The molecule has 1 heteroatoms. The molecule has 1 aliphatic carbocycles. The first-order chi connectivity index (χ1) is 8.72. The predicted molar refractivity (Wildman–Crippen MR) is 78.9 cm³/mol. The molecule has 0 heterocycles. The first-order valence-electron chi connectivity index (χ1n) is 7.50.